The summed E-state index contributed by atoms with van der Waals surface area (Å²) in [6.07, 6.45) is 1.56. The maximum Gasteiger partial charge on any atom is 0.311 e. The fourth-order valence-electron chi connectivity index (χ4n) is 4.39. The highest BCUT2D eigenvalue weighted by atomic mass is 19.1. The van der Waals surface area contributed by atoms with E-state index in [1.165, 1.54) is 6.07 Å². The Labute approximate surface area is 148 Å². The molecule has 138 valence electrons. The first kappa shape index (κ1) is 18.3. The molecule has 2 aliphatic rings. The van der Waals surface area contributed by atoms with Gasteiger partial charge in [0.25, 0.3) is 0 Å². The molecule has 0 unspecified atom stereocenters. The highest BCUT2D eigenvalue weighted by molar-refractivity contribution is 5.76. The van der Waals surface area contributed by atoms with Gasteiger partial charge in [0.05, 0.1) is 12.0 Å². The van der Waals surface area contributed by atoms with Crippen LogP contribution in [-0.2, 0) is 16.1 Å². The molecule has 2 fully saturated rings. The molecule has 0 bridgehead atoms. The summed E-state index contributed by atoms with van der Waals surface area (Å²) in [4.78, 5) is 16.6. The number of carbonyl (C=O) groups is 1. The van der Waals surface area contributed by atoms with E-state index in [0.29, 0.717) is 26.1 Å². The third-order valence-corrected chi connectivity index (χ3v) is 5.67. The molecule has 0 saturated carbocycles. The Morgan fingerprint density at radius 1 is 1.40 bits per heavy atom. The van der Waals surface area contributed by atoms with Gasteiger partial charge in [-0.25, -0.2) is 4.39 Å². The minimum absolute atomic E-state index is 0.0953. The average molecular weight is 350 g/mol. The standard InChI is InChI=1S/C19H27FN2O3/c1-25-9-8-22-13-16-12-21(11-15-4-2-5-17(20)10-15)7-3-6-19(16,14-22)18(23)24/h2,4-5,10,16H,3,6-9,11-14H2,1H3,(H,23,24)/t16-,19-/m0/s1. The summed E-state index contributed by atoms with van der Waals surface area (Å²) in [7, 11) is 1.67. The van der Waals surface area contributed by atoms with Gasteiger partial charge in [-0.05, 0) is 37.1 Å². The van der Waals surface area contributed by atoms with E-state index in [1.54, 1.807) is 19.2 Å². The Hall–Kier alpha value is -1.50. The molecule has 5 nitrogen and oxygen atoms in total. The number of likely N-dealkylation sites (tertiary alicyclic amines) is 2. The number of ether oxygens (including phenoxy) is 1. The zero-order chi connectivity index (χ0) is 17.9. The van der Waals surface area contributed by atoms with Gasteiger partial charge in [-0.3, -0.25) is 14.6 Å². The van der Waals surface area contributed by atoms with Crippen molar-refractivity contribution in [3.63, 3.8) is 0 Å². The number of carboxylic acid groups (broad SMARTS) is 1. The van der Waals surface area contributed by atoms with Crippen LogP contribution in [-0.4, -0.2) is 67.3 Å². The van der Waals surface area contributed by atoms with Gasteiger partial charge in [0.2, 0.25) is 0 Å². The van der Waals surface area contributed by atoms with Gasteiger partial charge in [-0.1, -0.05) is 12.1 Å². The molecule has 6 heteroatoms. The second-order valence-corrected chi connectivity index (χ2v) is 7.35. The largest absolute Gasteiger partial charge is 0.481 e. The molecule has 3 rings (SSSR count). The number of benzene rings is 1. The zero-order valence-corrected chi connectivity index (χ0v) is 14.8. The van der Waals surface area contributed by atoms with Gasteiger partial charge in [-0.2, -0.15) is 0 Å². The summed E-state index contributed by atoms with van der Waals surface area (Å²) in [6, 6.07) is 6.67. The first-order valence-corrected chi connectivity index (χ1v) is 8.95. The number of aliphatic carboxylic acids is 1. The minimum atomic E-state index is -0.676. The average Bonchev–Trinajstić information content (AvgIpc) is 2.82. The zero-order valence-electron chi connectivity index (χ0n) is 14.8. The molecule has 1 aromatic carbocycles. The van der Waals surface area contributed by atoms with E-state index in [4.69, 9.17) is 4.74 Å². The van der Waals surface area contributed by atoms with E-state index >= 15 is 0 Å². The van der Waals surface area contributed by atoms with E-state index in [-0.39, 0.29) is 11.7 Å². The summed E-state index contributed by atoms with van der Waals surface area (Å²) in [5, 5.41) is 9.95. The molecule has 2 heterocycles. The van der Waals surface area contributed by atoms with Gasteiger partial charge >= 0.3 is 5.97 Å². The second-order valence-electron chi connectivity index (χ2n) is 7.35. The Bertz CT molecular complexity index is 612. The van der Waals surface area contributed by atoms with E-state index < -0.39 is 11.4 Å². The molecular formula is C19H27FN2O3. The van der Waals surface area contributed by atoms with Crippen molar-refractivity contribution >= 4 is 5.97 Å². The van der Waals surface area contributed by atoms with Crippen molar-refractivity contribution in [2.24, 2.45) is 11.3 Å². The highest BCUT2D eigenvalue weighted by Crippen LogP contribution is 2.43. The number of hydrogen-bond acceptors (Lipinski definition) is 4. The third kappa shape index (κ3) is 4.02. The smallest absolute Gasteiger partial charge is 0.311 e. The minimum Gasteiger partial charge on any atom is -0.481 e. The summed E-state index contributed by atoms with van der Waals surface area (Å²) in [5.74, 6) is -0.804. The van der Waals surface area contributed by atoms with Crippen LogP contribution in [0.15, 0.2) is 24.3 Å². The van der Waals surface area contributed by atoms with Crippen LogP contribution < -0.4 is 0 Å². The predicted octanol–water partition coefficient (Wildman–Crippen LogP) is 2.07. The lowest BCUT2D eigenvalue weighted by Crippen LogP contribution is -2.41. The van der Waals surface area contributed by atoms with Crippen molar-refractivity contribution in [1.82, 2.24) is 9.80 Å². The number of fused-ring (bicyclic) bond motifs is 1. The summed E-state index contributed by atoms with van der Waals surface area (Å²) in [5.41, 5.74) is 0.279. The van der Waals surface area contributed by atoms with Crippen molar-refractivity contribution < 1.29 is 19.0 Å². The Kier molecular flexibility index (Phi) is 5.71. The molecular weight excluding hydrogens is 323 g/mol. The number of rotatable bonds is 6. The maximum absolute atomic E-state index is 13.4. The molecule has 0 amide bonds. The number of carboxylic acids is 1. The molecule has 2 saturated heterocycles. The van der Waals surface area contributed by atoms with Crippen molar-refractivity contribution in [3.05, 3.63) is 35.6 Å². The molecule has 0 radical (unpaired) electrons. The van der Waals surface area contributed by atoms with E-state index in [9.17, 15) is 14.3 Å². The van der Waals surface area contributed by atoms with Crippen molar-refractivity contribution in [2.75, 3.05) is 46.4 Å². The fourth-order valence-corrected chi connectivity index (χ4v) is 4.39. The molecule has 1 aromatic rings. The van der Waals surface area contributed by atoms with E-state index in [2.05, 4.69) is 9.80 Å². The molecule has 1 N–H and O–H groups in total. The summed E-state index contributed by atoms with van der Waals surface area (Å²) >= 11 is 0. The molecule has 2 aliphatic heterocycles. The molecule has 2 atom stereocenters. The van der Waals surface area contributed by atoms with Gasteiger partial charge in [-0.15, -0.1) is 0 Å². The molecule has 0 aliphatic carbocycles. The van der Waals surface area contributed by atoms with Crippen LogP contribution in [0, 0.1) is 17.2 Å². The van der Waals surface area contributed by atoms with Crippen molar-refractivity contribution in [1.29, 1.82) is 0 Å². The van der Waals surface area contributed by atoms with E-state index in [0.717, 1.165) is 38.2 Å². The maximum atomic E-state index is 13.4. The monoisotopic (exact) mass is 350 g/mol. The lowest BCUT2D eigenvalue weighted by atomic mass is 9.75. The summed E-state index contributed by atoms with van der Waals surface area (Å²) in [6.45, 7) is 5.05. The first-order chi connectivity index (χ1) is 12.0. The Morgan fingerprint density at radius 2 is 2.20 bits per heavy atom. The third-order valence-electron chi connectivity index (χ3n) is 5.67. The first-order valence-electron chi connectivity index (χ1n) is 8.95. The Morgan fingerprint density at radius 3 is 2.92 bits per heavy atom. The summed E-state index contributed by atoms with van der Waals surface area (Å²) < 4.78 is 18.6. The van der Waals surface area contributed by atoms with Gasteiger partial charge in [0, 0.05) is 45.8 Å². The van der Waals surface area contributed by atoms with E-state index in [1.807, 2.05) is 6.07 Å². The van der Waals surface area contributed by atoms with Crippen LogP contribution in [0.3, 0.4) is 0 Å². The second kappa shape index (κ2) is 7.81. The number of methoxy groups -OCH3 is 1. The van der Waals surface area contributed by atoms with Crippen LogP contribution in [0.5, 0.6) is 0 Å². The topological polar surface area (TPSA) is 53.0 Å². The van der Waals surface area contributed by atoms with Crippen molar-refractivity contribution in [3.8, 4) is 0 Å². The normalized spacial score (nSPS) is 27.8. The van der Waals surface area contributed by atoms with Crippen LogP contribution in [0.1, 0.15) is 18.4 Å². The fraction of sp³-hybridized carbons (Fsp3) is 0.632. The lowest BCUT2D eigenvalue weighted by Gasteiger charge is -2.29. The van der Waals surface area contributed by atoms with Gasteiger partial charge < -0.3 is 9.84 Å². The van der Waals surface area contributed by atoms with Crippen LogP contribution >= 0.6 is 0 Å². The van der Waals surface area contributed by atoms with Gasteiger partial charge in [0.1, 0.15) is 5.82 Å². The number of halogens is 1. The highest BCUT2D eigenvalue weighted by Gasteiger charge is 2.53. The van der Waals surface area contributed by atoms with Crippen LogP contribution in [0.2, 0.25) is 0 Å². The SMILES string of the molecule is COCCN1C[C@@H]2CN(Cc3cccc(F)c3)CCC[C@]2(C(=O)O)C1. The lowest BCUT2D eigenvalue weighted by molar-refractivity contribution is -0.151. The molecule has 25 heavy (non-hydrogen) atoms. The Balaban J connectivity index is 1.72. The number of hydrogen-bond donors (Lipinski definition) is 1. The molecule has 0 spiro atoms. The van der Waals surface area contributed by atoms with Crippen molar-refractivity contribution in [2.45, 2.75) is 19.4 Å². The van der Waals surface area contributed by atoms with Gasteiger partial charge in [0.15, 0.2) is 0 Å². The number of nitrogens with zero attached hydrogens (tertiary/aromatic N) is 2. The quantitative estimate of drug-likeness (QED) is 0.851. The van der Waals surface area contributed by atoms with Crippen LogP contribution in [0.25, 0.3) is 0 Å². The molecule has 0 aromatic heterocycles. The van der Waals surface area contributed by atoms with Crippen LogP contribution in [0.4, 0.5) is 4.39 Å². The predicted molar refractivity (Wildman–Crippen MR) is 92.8 cm³/mol.